The number of sulfonamides is 1. The SMILES string of the molecule is CN(C)CCCN(C(=O)c1ccc(S(=O)(=O)N2CCc3ccccc3C2)cc1)c1nc2ccccc2o1. The topological polar surface area (TPSA) is 87.0 Å². The van der Waals surface area contributed by atoms with E-state index in [1.165, 1.54) is 26.9 Å². The van der Waals surface area contributed by atoms with Gasteiger partial charge in [0.15, 0.2) is 5.58 Å². The van der Waals surface area contributed by atoms with Gasteiger partial charge in [0, 0.05) is 25.2 Å². The first-order chi connectivity index (χ1) is 17.8. The number of hydrogen-bond acceptors (Lipinski definition) is 6. The Morgan fingerprint density at radius 1 is 0.946 bits per heavy atom. The van der Waals surface area contributed by atoms with Gasteiger partial charge in [-0.05, 0) is 81.0 Å². The van der Waals surface area contributed by atoms with Gasteiger partial charge in [0.25, 0.3) is 5.91 Å². The summed E-state index contributed by atoms with van der Waals surface area (Å²) in [7, 11) is 0.267. The minimum Gasteiger partial charge on any atom is -0.423 e. The van der Waals surface area contributed by atoms with Crippen molar-refractivity contribution in [2.75, 3.05) is 38.6 Å². The van der Waals surface area contributed by atoms with Crippen LogP contribution in [0.2, 0.25) is 0 Å². The molecule has 1 aliphatic rings. The number of aromatic nitrogens is 1. The molecule has 0 radical (unpaired) electrons. The first-order valence-corrected chi connectivity index (χ1v) is 13.8. The maximum atomic E-state index is 13.6. The van der Waals surface area contributed by atoms with E-state index >= 15 is 0 Å². The number of carbonyl (C=O) groups excluding carboxylic acids is 1. The van der Waals surface area contributed by atoms with Crippen LogP contribution in [0.1, 0.15) is 27.9 Å². The van der Waals surface area contributed by atoms with Crippen molar-refractivity contribution in [3.8, 4) is 0 Å². The molecule has 4 aromatic rings. The number of rotatable bonds is 8. The summed E-state index contributed by atoms with van der Waals surface area (Å²) in [6.07, 6.45) is 1.40. The number of fused-ring (bicyclic) bond motifs is 2. The Balaban J connectivity index is 1.38. The Morgan fingerprint density at radius 3 is 2.38 bits per heavy atom. The minimum atomic E-state index is -3.69. The molecule has 0 saturated heterocycles. The molecule has 0 atom stereocenters. The number of nitrogens with zero attached hydrogens (tertiary/aromatic N) is 4. The van der Waals surface area contributed by atoms with E-state index in [2.05, 4.69) is 4.98 Å². The van der Waals surface area contributed by atoms with Gasteiger partial charge >= 0.3 is 6.01 Å². The maximum absolute atomic E-state index is 13.6. The van der Waals surface area contributed by atoms with E-state index in [1.807, 2.05) is 67.5 Å². The van der Waals surface area contributed by atoms with Gasteiger partial charge in [-0.1, -0.05) is 36.4 Å². The van der Waals surface area contributed by atoms with Crippen molar-refractivity contribution in [2.24, 2.45) is 0 Å². The van der Waals surface area contributed by atoms with Gasteiger partial charge in [-0.3, -0.25) is 9.69 Å². The zero-order valence-corrected chi connectivity index (χ0v) is 21.8. The molecule has 9 heteroatoms. The van der Waals surface area contributed by atoms with Gasteiger partial charge in [0.05, 0.1) is 4.90 Å². The van der Waals surface area contributed by atoms with Crippen LogP contribution < -0.4 is 4.90 Å². The molecule has 0 unspecified atom stereocenters. The quantitative estimate of drug-likeness (QED) is 0.348. The molecule has 2 heterocycles. The average Bonchev–Trinajstić information content (AvgIpc) is 3.34. The van der Waals surface area contributed by atoms with Gasteiger partial charge in [-0.2, -0.15) is 9.29 Å². The van der Waals surface area contributed by atoms with E-state index in [0.29, 0.717) is 42.7 Å². The fourth-order valence-electron chi connectivity index (χ4n) is 4.55. The highest BCUT2D eigenvalue weighted by Gasteiger charge is 2.29. The van der Waals surface area contributed by atoms with E-state index < -0.39 is 10.0 Å². The van der Waals surface area contributed by atoms with Crippen LogP contribution in [0.15, 0.2) is 82.1 Å². The second-order valence-corrected chi connectivity index (χ2v) is 11.4. The molecule has 37 heavy (non-hydrogen) atoms. The van der Waals surface area contributed by atoms with Gasteiger partial charge < -0.3 is 9.32 Å². The van der Waals surface area contributed by atoms with Crippen molar-refractivity contribution in [1.82, 2.24) is 14.2 Å². The molecular formula is C28H30N4O4S. The molecule has 192 valence electrons. The minimum absolute atomic E-state index is 0.171. The Kier molecular flexibility index (Phi) is 7.10. The third-order valence-electron chi connectivity index (χ3n) is 6.58. The Hall–Kier alpha value is -3.53. The molecule has 0 aliphatic carbocycles. The van der Waals surface area contributed by atoms with E-state index in [-0.39, 0.29) is 16.8 Å². The number of carbonyl (C=O) groups is 1. The summed E-state index contributed by atoms with van der Waals surface area (Å²) in [5.41, 5.74) is 3.86. The highest BCUT2D eigenvalue weighted by molar-refractivity contribution is 7.89. The maximum Gasteiger partial charge on any atom is 0.305 e. The molecule has 0 saturated carbocycles. The normalized spacial score (nSPS) is 14.1. The fraction of sp³-hybridized carbons (Fsp3) is 0.286. The highest BCUT2D eigenvalue weighted by Crippen LogP contribution is 2.27. The van der Waals surface area contributed by atoms with Gasteiger partial charge in [-0.15, -0.1) is 0 Å². The molecule has 3 aromatic carbocycles. The molecule has 5 rings (SSSR count). The largest absolute Gasteiger partial charge is 0.423 e. The second-order valence-electron chi connectivity index (χ2n) is 9.46. The lowest BCUT2D eigenvalue weighted by Gasteiger charge is -2.28. The van der Waals surface area contributed by atoms with Crippen LogP contribution >= 0.6 is 0 Å². The van der Waals surface area contributed by atoms with Gasteiger partial charge in [0.1, 0.15) is 5.52 Å². The summed E-state index contributed by atoms with van der Waals surface area (Å²) in [5, 5.41) is 0. The van der Waals surface area contributed by atoms with Crippen LogP contribution in [0.25, 0.3) is 11.1 Å². The molecule has 0 spiro atoms. The fourth-order valence-corrected chi connectivity index (χ4v) is 5.97. The van der Waals surface area contributed by atoms with E-state index in [0.717, 1.165) is 18.5 Å². The third kappa shape index (κ3) is 5.29. The van der Waals surface area contributed by atoms with Crippen molar-refractivity contribution in [3.63, 3.8) is 0 Å². The molecule has 1 amide bonds. The molecule has 1 aromatic heterocycles. The molecule has 1 aliphatic heterocycles. The highest BCUT2D eigenvalue weighted by atomic mass is 32.2. The second kappa shape index (κ2) is 10.5. The monoisotopic (exact) mass is 518 g/mol. The van der Waals surface area contributed by atoms with Crippen molar-refractivity contribution >= 4 is 33.0 Å². The average molecular weight is 519 g/mol. The number of hydrogen-bond donors (Lipinski definition) is 0. The van der Waals surface area contributed by atoms with Crippen LogP contribution in [0.3, 0.4) is 0 Å². The summed E-state index contributed by atoms with van der Waals surface area (Å²) in [4.78, 5) is 21.8. The third-order valence-corrected chi connectivity index (χ3v) is 8.44. The molecule has 0 N–H and O–H groups in total. The Labute approximate surface area is 217 Å². The molecule has 0 bridgehead atoms. The smallest absolute Gasteiger partial charge is 0.305 e. The lowest BCUT2D eigenvalue weighted by atomic mass is 10.0. The lowest BCUT2D eigenvalue weighted by Crippen LogP contribution is -2.36. The first-order valence-electron chi connectivity index (χ1n) is 12.3. The number of para-hydroxylation sites is 2. The molecule has 8 nitrogen and oxygen atoms in total. The van der Waals surface area contributed by atoms with Crippen LogP contribution in [0.5, 0.6) is 0 Å². The van der Waals surface area contributed by atoms with Crippen LogP contribution in [0.4, 0.5) is 6.01 Å². The predicted octanol–water partition coefficient (Wildman–Crippen LogP) is 4.17. The summed E-state index contributed by atoms with van der Waals surface area (Å²) >= 11 is 0. The van der Waals surface area contributed by atoms with Crippen molar-refractivity contribution < 1.29 is 17.6 Å². The number of anilines is 1. The van der Waals surface area contributed by atoms with Crippen LogP contribution in [0, 0.1) is 0 Å². The first kappa shape index (κ1) is 25.1. The van der Waals surface area contributed by atoms with Gasteiger partial charge in [-0.25, -0.2) is 8.42 Å². The predicted molar refractivity (Wildman–Crippen MR) is 143 cm³/mol. The van der Waals surface area contributed by atoms with Crippen molar-refractivity contribution in [2.45, 2.75) is 24.3 Å². The molecule has 0 fully saturated rings. The molecular weight excluding hydrogens is 488 g/mol. The zero-order valence-electron chi connectivity index (χ0n) is 21.0. The van der Waals surface area contributed by atoms with Crippen LogP contribution in [-0.2, 0) is 23.0 Å². The summed E-state index contributed by atoms with van der Waals surface area (Å²) in [6.45, 7) is 1.98. The number of benzene rings is 3. The summed E-state index contributed by atoms with van der Waals surface area (Å²) in [6, 6.07) is 21.7. The lowest BCUT2D eigenvalue weighted by molar-refractivity contribution is 0.0981. The summed E-state index contributed by atoms with van der Waals surface area (Å²) in [5.74, 6) is -0.291. The van der Waals surface area contributed by atoms with Gasteiger partial charge in [0.2, 0.25) is 10.0 Å². The van der Waals surface area contributed by atoms with E-state index in [1.54, 1.807) is 12.1 Å². The Morgan fingerprint density at radius 2 is 1.65 bits per heavy atom. The summed E-state index contributed by atoms with van der Waals surface area (Å²) < 4.78 is 34.1. The zero-order chi connectivity index (χ0) is 26.0. The van der Waals surface area contributed by atoms with E-state index in [4.69, 9.17) is 4.42 Å². The van der Waals surface area contributed by atoms with Crippen molar-refractivity contribution in [1.29, 1.82) is 0 Å². The number of amides is 1. The van der Waals surface area contributed by atoms with Crippen molar-refractivity contribution in [3.05, 3.63) is 89.5 Å². The van der Waals surface area contributed by atoms with E-state index in [9.17, 15) is 13.2 Å². The van der Waals surface area contributed by atoms with Crippen LogP contribution in [-0.4, -0.2) is 62.2 Å². The standard InChI is InChI=1S/C28H30N4O4S/c1-30(2)17-7-18-32(28-29-25-10-5-6-11-26(25)36-28)27(33)22-12-14-24(15-13-22)37(34,35)31-19-16-21-8-3-4-9-23(21)20-31/h3-6,8-15H,7,16-20H2,1-2H3. The number of oxazole rings is 1. The Bertz CT molecular complexity index is 1480.